The molecule has 3 nitrogen and oxygen atoms in total. The van der Waals surface area contributed by atoms with Crippen molar-refractivity contribution in [3.63, 3.8) is 0 Å². The number of aromatic nitrogens is 2. The van der Waals surface area contributed by atoms with Crippen molar-refractivity contribution in [2.75, 3.05) is 0 Å². The lowest BCUT2D eigenvalue weighted by Crippen LogP contribution is -2.18. The molecule has 1 aliphatic carbocycles. The van der Waals surface area contributed by atoms with E-state index in [9.17, 15) is 4.79 Å². The van der Waals surface area contributed by atoms with Gasteiger partial charge in [-0.15, -0.1) is 0 Å². The Labute approximate surface area is 96.8 Å². The number of aldehydes is 1. The van der Waals surface area contributed by atoms with Crippen molar-refractivity contribution in [3.8, 4) is 0 Å². The molecule has 0 radical (unpaired) electrons. The Morgan fingerprint density at radius 2 is 1.88 bits per heavy atom. The van der Waals surface area contributed by atoms with Crippen LogP contribution in [0.2, 0.25) is 0 Å². The fourth-order valence-corrected chi connectivity index (χ4v) is 2.69. The van der Waals surface area contributed by atoms with Crippen LogP contribution in [0.25, 0.3) is 0 Å². The second-order valence-corrected chi connectivity index (χ2v) is 5.06. The van der Waals surface area contributed by atoms with Gasteiger partial charge in [0.1, 0.15) is 0 Å². The van der Waals surface area contributed by atoms with Crippen molar-refractivity contribution in [1.29, 1.82) is 0 Å². The maximum Gasteiger partial charge on any atom is 0.153 e. The van der Waals surface area contributed by atoms with Crippen molar-refractivity contribution in [1.82, 2.24) is 9.78 Å². The van der Waals surface area contributed by atoms with Gasteiger partial charge in [0.05, 0.1) is 17.3 Å². The first-order chi connectivity index (χ1) is 7.63. The summed E-state index contributed by atoms with van der Waals surface area (Å²) in [4.78, 5) is 10.9. The first-order valence-corrected chi connectivity index (χ1v) is 6.14. The van der Waals surface area contributed by atoms with Gasteiger partial charge in [0, 0.05) is 5.69 Å². The molecule has 0 aromatic carbocycles. The largest absolute Gasteiger partial charge is 0.298 e. The van der Waals surface area contributed by atoms with Crippen molar-refractivity contribution in [2.24, 2.45) is 5.92 Å². The van der Waals surface area contributed by atoms with Crippen molar-refractivity contribution in [3.05, 3.63) is 17.0 Å². The number of aryl methyl sites for hydroxylation is 1. The molecule has 88 valence electrons. The van der Waals surface area contributed by atoms with E-state index in [-0.39, 0.29) is 0 Å². The lowest BCUT2D eigenvalue weighted by Gasteiger charge is -2.27. The summed E-state index contributed by atoms with van der Waals surface area (Å²) in [6.45, 7) is 6.23. The first-order valence-electron chi connectivity index (χ1n) is 6.14. The van der Waals surface area contributed by atoms with Crippen LogP contribution in [0.15, 0.2) is 0 Å². The Hall–Kier alpha value is -1.12. The second kappa shape index (κ2) is 4.40. The molecule has 1 aromatic heterocycles. The van der Waals surface area contributed by atoms with Crippen LogP contribution in [-0.2, 0) is 0 Å². The van der Waals surface area contributed by atoms with E-state index in [1.165, 1.54) is 25.7 Å². The predicted octanol–water partition coefficient (Wildman–Crippen LogP) is 3.06. The molecule has 0 amide bonds. The molecule has 1 aromatic rings. The van der Waals surface area contributed by atoms with Crippen molar-refractivity contribution >= 4 is 6.29 Å². The smallest absolute Gasteiger partial charge is 0.153 e. The van der Waals surface area contributed by atoms with E-state index in [1.807, 2.05) is 13.8 Å². The van der Waals surface area contributed by atoms with E-state index in [0.717, 1.165) is 29.2 Å². The lowest BCUT2D eigenvalue weighted by molar-refractivity contribution is 0.112. The van der Waals surface area contributed by atoms with Crippen molar-refractivity contribution < 1.29 is 4.79 Å². The highest BCUT2D eigenvalue weighted by atomic mass is 16.1. The summed E-state index contributed by atoms with van der Waals surface area (Å²) < 4.78 is 2.07. The summed E-state index contributed by atoms with van der Waals surface area (Å²) in [5, 5.41) is 4.52. The van der Waals surface area contributed by atoms with E-state index in [0.29, 0.717) is 6.04 Å². The third kappa shape index (κ3) is 1.91. The summed E-state index contributed by atoms with van der Waals surface area (Å²) >= 11 is 0. The molecule has 1 fully saturated rings. The highest BCUT2D eigenvalue weighted by molar-refractivity contribution is 5.78. The normalized spacial score (nSPS) is 25.7. The zero-order chi connectivity index (χ0) is 11.7. The molecule has 0 N–H and O–H groups in total. The molecule has 2 rings (SSSR count). The third-order valence-electron chi connectivity index (χ3n) is 3.83. The van der Waals surface area contributed by atoms with Crippen LogP contribution in [0.3, 0.4) is 0 Å². The van der Waals surface area contributed by atoms with Gasteiger partial charge >= 0.3 is 0 Å². The van der Waals surface area contributed by atoms with Gasteiger partial charge < -0.3 is 0 Å². The minimum absolute atomic E-state index is 0.503. The van der Waals surface area contributed by atoms with Gasteiger partial charge in [0.2, 0.25) is 0 Å². The van der Waals surface area contributed by atoms with Gasteiger partial charge in [-0.3, -0.25) is 9.48 Å². The lowest BCUT2D eigenvalue weighted by atomic mass is 9.87. The van der Waals surface area contributed by atoms with Crippen LogP contribution < -0.4 is 0 Å². The van der Waals surface area contributed by atoms with Crippen molar-refractivity contribution in [2.45, 2.75) is 52.5 Å². The van der Waals surface area contributed by atoms with Crippen LogP contribution in [0.4, 0.5) is 0 Å². The van der Waals surface area contributed by atoms with E-state index >= 15 is 0 Å². The van der Waals surface area contributed by atoms with Gasteiger partial charge in [0.15, 0.2) is 6.29 Å². The zero-order valence-corrected chi connectivity index (χ0v) is 10.4. The van der Waals surface area contributed by atoms with E-state index in [4.69, 9.17) is 0 Å². The minimum atomic E-state index is 0.503. The Bertz CT molecular complexity index is 387. The van der Waals surface area contributed by atoms with Gasteiger partial charge in [-0.1, -0.05) is 6.92 Å². The van der Waals surface area contributed by atoms with Gasteiger partial charge in [-0.05, 0) is 45.4 Å². The number of carbonyl (C=O) groups is 1. The average Bonchev–Trinajstić information content (AvgIpc) is 2.55. The molecule has 1 saturated carbocycles. The second-order valence-electron chi connectivity index (χ2n) is 5.06. The highest BCUT2D eigenvalue weighted by Crippen LogP contribution is 2.32. The molecule has 3 heteroatoms. The maximum atomic E-state index is 10.9. The zero-order valence-electron chi connectivity index (χ0n) is 10.4. The highest BCUT2D eigenvalue weighted by Gasteiger charge is 2.23. The molecule has 0 bridgehead atoms. The fourth-order valence-electron chi connectivity index (χ4n) is 2.69. The number of carbonyl (C=O) groups excluding carboxylic acids is 1. The van der Waals surface area contributed by atoms with Crippen LogP contribution in [0, 0.1) is 19.8 Å². The average molecular weight is 220 g/mol. The molecule has 1 heterocycles. The fraction of sp³-hybridized carbons (Fsp3) is 0.692. The number of nitrogens with zero attached hydrogens (tertiary/aromatic N) is 2. The summed E-state index contributed by atoms with van der Waals surface area (Å²) in [5.74, 6) is 0.846. The third-order valence-corrected chi connectivity index (χ3v) is 3.83. The molecular weight excluding hydrogens is 200 g/mol. The summed E-state index contributed by atoms with van der Waals surface area (Å²) in [5.41, 5.74) is 2.68. The summed E-state index contributed by atoms with van der Waals surface area (Å²) in [6, 6.07) is 0.503. The molecule has 0 unspecified atom stereocenters. The molecule has 0 spiro atoms. The Morgan fingerprint density at radius 3 is 2.38 bits per heavy atom. The topological polar surface area (TPSA) is 34.9 Å². The maximum absolute atomic E-state index is 10.9. The van der Waals surface area contributed by atoms with Crippen LogP contribution in [-0.4, -0.2) is 16.1 Å². The van der Waals surface area contributed by atoms with E-state index in [2.05, 4.69) is 16.7 Å². The number of rotatable bonds is 2. The number of hydrogen-bond acceptors (Lipinski definition) is 2. The van der Waals surface area contributed by atoms with E-state index < -0.39 is 0 Å². The molecule has 16 heavy (non-hydrogen) atoms. The number of hydrogen-bond donors (Lipinski definition) is 0. The van der Waals surface area contributed by atoms with E-state index in [1.54, 1.807) is 0 Å². The quantitative estimate of drug-likeness (QED) is 0.718. The molecular formula is C13H20N2O. The van der Waals surface area contributed by atoms with Gasteiger partial charge in [0.25, 0.3) is 0 Å². The van der Waals surface area contributed by atoms with Gasteiger partial charge in [-0.25, -0.2) is 0 Å². The standard InChI is InChI=1S/C13H20N2O/c1-9-4-6-12(7-5-9)15-11(3)13(8-16)10(2)14-15/h8-9,12H,4-7H2,1-3H3. The van der Waals surface area contributed by atoms with Gasteiger partial charge in [-0.2, -0.15) is 5.10 Å². The minimum Gasteiger partial charge on any atom is -0.298 e. The van der Waals surface area contributed by atoms with Crippen LogP contribution >= 0.6 is 0 Å². The molecule has 0 aliphatic heterocycles. The van der Waals surface area contributed by atoms with Crippen LogP contribution in [0.1, 0.15) is 60.4 Å². The Kier molecular flexibility index (Phi) is 3.13. The van der Waals surface area contributed by atoms with Crippen LogP contribution in [0.5, 0.6) is 0 Å². The Morgan fingerprint density at radius 1 is 1.25 bits per heavy atom. The molecule has 0 atom stereocenters. The summed E-state index contributed by atoms with van der Waals surface area (Å²) in [6.07, 6.45) is 5.88. The predicted molar refractivity (Wildman–Crippen MR) is 63.8 cm³/mol. The first kappa shape index (κ1) is 11.4. The molecule has 1 aliphatic rings. The molecule has 0 saturated heterocycles. The SMILES string of the molecule is Cc1nn(C2CCC(C)CC2)c(C)c1C=O. The monoisotopic (exact) mass is 220 g/mol. The Balaban J connectivity index is 2.24. The summed E-state index contributed by atoms with van der Waals surface area (Å²) in [7, 11) is 0.